The lowest BCUT2D eigenvalue weighted by Crippen LogP contribution is -2.64. The van der Waals surface area contributed by atoms with Gasteiger partial charge in [-0.05, 0) is 97.7 Å². The van der Waals surface area contributed by atoms with E-state index in [2.05, 4.69) is 41.2 Å². The molecule has 0 spiro atoms. The van der Waals surface area contributed by atoms with Gasteiger partial charge in [0.05, 0.1) is 5.60 Å². The van der Waals surface area contributed by atoms with E-state index in [9.17, 15) is 9.90 Å². The zero-order valence-corrected chi connectivity index (χ0v) is 23.7. The minimum absolute atomic E-state index is 0.0947. The highest BCUT2D eigenvalue weighted by atomic mass is 16.5. The second kappa shape index (κ2) is 10.1. The van der Waals surface area contributed by atoms with Gasteiger partial charge < -0.3 is 9.84 Å². The van der Waals surface area contributed by atoms with E-state index < -0.39 is 5.60 Å². The average Bonchev–Trinajstić information content (AvgIpc) is 3.12. The second-order valence-corrected chi connectivity index (χ2v) is 14.2. The molecule has 0 saturated heterocycles. The van der Waals surface area contributed by atoms with Gasteiger partial charge in [0.1, 0.15) is 6.10 Å². The number of rotatable bonds is 8. The van der Waals surface area contributed by atoms with Gasteiger partial charge in [-0.1, -0.05) is 60.0 Å². The lowest BCUT2D eigenvalue weighted by molar-refractivity contribution is -0.236. The molecule has 0 unspecified atom stereocenters. The van der Waals surface area contributed by atoms with Crippen LogP contribution in [-0.4, -0.2) is 22.8 Å². The van der Waals surface area contributed by atoms with E-state index in [1.54, 1.807) is 0 Å². The predicted molar refractivity (Wildman–Crippen MR) is 144 cm³/mol. The van der Waals surface area contributed by atoms with Gasteiger partial charge in [-0.3, -0.25) is 4.79 Å². The molecule has 200 valence electrons. The van der Waals surface area contributed by atoms with Crippen LogP contribution in [0.1, 0.15) is 119 Å². The summed E-state index contributed by atoms with van der Waals surface area (Å²) in [5.41, 5.74) is -0.343. The van der Waals surface area contributed by atoms with E-state index in [1.165, 1.54) is 51.9 Å². The summed E-state index contributed by atoms with van der Waals surface area (Å²) in [6, 6.07) is 0. The summed E-state index contributed by atoms with van der Waals surface area (Å²) < 4.78 is 5.78. The maximum Gasteiger partial charge on any atom is 0.302 e. The summed E-state index contributed by atoms with van der Waals surface area (Å²) in [5.74, 6) is 4.68. The fourth-order valence-corrected chi connectivity index (χ4v) is 10.2. The number of hydrogen-bond donors (Lipinski definition) is 1. The van der Waals surface area contributed by atoms with Crippen molar-refractivity contribution in [2.24, 2.45) is 52.3 Å². The fraction of sp³-hybridized carbons (Fsp3) is 0.906. The topological polar surface area (TPSA) is 46.5 Å². The molecule has 0 bridgehead atoms. The highest BCUT2D eigenvalue weighted by Gasteiger charge is 2.66. The highest BCUT2D eigenvalue weighted by molar-refractivity contribution is 5.66. The van der Waals surface area contributed by atoms with Crippen molar-refractivity contribution in [3.63, 3.8) is 0 Å². The Hall–Kier alpha value is -0.830. The third-order valence-electron chi connectivity index (χ3n) is 11.9. The largest absolute Gasteiger partial charge is 0.462 e. The van der Waals surface area contributed by atoms with Crippen LogP contribution in [0, 0.1) is 52.3 Å². The van der Waals surface area contributed by atoms with E-state index in [4.69, 9.17) is 4.74 Å². The third kappa shape index (κ3) is 4.77. The molecular weight excluding hydrogens is 432 g/mol. The molecule has 4 fully saturated rings. The molecule has 4 aliphatic carbocycles. The van der Waals surface area contributed by atoms with Crippen molar-refractivity contribution in [3.05, 3.63) is 12.7 Å². The molecule has 0 aromatic heterocycles. The van der Waals surface area contributed by atoms with Crippen molar-refractivity contribution in [3.8, 4) is 0 Å². The zero-order valence-electron chi connectivity index (χ0n) is 23.7. The number of aliphatic hydroxyl groups is 1. The molecule has 0 heterocycles. The van der Waals surface area contributed by atoms with Crippen LogP contribution < -0.4 is 0 Å². The van der Waals surface area contributed by atoms with Crippen LogP contribution >= 0.6 is 0 Å². The van der Waals surface area contributed by atoms with Crippen LogP contribution in [0.15, 0.2) is 12.7 Å². The molecule has 1 N–H and O–H groups in total. The lowest BCUT2D eigenvalue weighted by atomic mass is 9.42. The lowest BCUT2D eigenvalue weighted by Gasteiger charge is -2.65. The molecule has 0 aromatic carbocycles. The Kier molecular flexibility index (Phi) is 7.89. The molecule has 4 rings (SSSR count). The van der Waals surface area contributed by atoms with Gasteiger partial charge in [-0.2, -0.15) is 0 Å². The predicted octanol–water partition coefficient (Wildman–Crippen LogP) is 7.96. The first kappa shape index (κ1) is 27.2. The van der Waals surface area contributed by atoms with Crippen LogP contribution in [0.4, 0.5) is 0 Å². The quantitative estimate of drug-likeness (QED) is 0.280. The first-order valence-electron chi connectivity index (χ1n) is 15.0. The number of carbonyl (C=O) groups excluding carboxylic acids is 1. The van der Waals surface area contributed by atoms with Crippen molar-refractivity contribution >= 4 is 5.97 Å². The van der Waals surface area contributed by atoms with Crippen LogP contribution in [0.2, 0.25) is 0 Å². The Morgan fingerprint density at radius 2 is 1.80 bits per heavy atom. The number of esters is 1. The van der Waals surface area contributed by atoms with E-state index in [0.29, 0.717) is 17.8 Å². The number of allylic oxidation sites excluding steroid dienone is 1. The molecule has 4 aliphatic rings. The van der Waals surface area contributed by atoms with Crippen LogP contribution in [0.3, 0.4) is 0 Å². The summed E-state index contributed by atoms with van der Waals surface area (Å²) in [6.45, 7) is 17.8. The van der Waals surface area contributed by atoms with E-state index in [1.807, 2.05) is 6.08 Å². The fourth-order valence-electron chi connectivity index (χ4n) is 10.2. The Morgan fingerprint density at radius 1 is 1.06 bits per heavy atom. The van der Waals surface area contributed by atoms with Crippen molar-refractivity contribution in [2.75, 3.05) is 0 Å². The van der Waals surface area contributed by atoms with Crippen LogP contribution in [0.25, 0.3) is 0 Å². The summed E-state index contributed by atoms with van der Waals surface area (Å²) in [4.78, 5) is 11.8. The molecule has 0 aliphatic heterocycles. The van der Waals surface area contributed by atoms with Crippen molar-refractivity contribution in [1.82, 2.24) is 0 Å². The average molecular weight is 487 g/mol. The number of carbonyl (C=O) groups is 1. The second-order valence-electron chi connectivity index (χ2n) is 14.2. The van der Waals surface area contributed by atoms with Gasteiger partial charge in [0.25, 0.3) is 0 Å². The minimum Gasteiger partial charge on any atom is -0.462 e. The molecular formula is C32H54O3. The van der Waals surface area contributed by atoms with E-state index in [-0.39, 0.29) is 23.4 Å². The Labute approximate surface area is 215 Å². The van der Waals surface area contributed by atoms with Crippen molar-refractivity contribution in [2.45, 2.75) is 130 Å². The van der Waals surface area contributed by atoms with Crippen LogP contribution in [0.5, 0.6) is 0 Å². The summed E-state index contributed by atoms with van der Waals surface area (Å²) >= 11 is 0. The number of hydrogen-bond acceptors (Lipinski definition) is 3. The Bertz CT molecular complexity index is 775. The maximum atomic E-state index is 12.1. The van der Waals surface area contributed by atoms with Gasteiger partial charge in [0.15, 0.2) is 0 Å². The van der Waals surface area contributed by atoms with Gasteiger partial charge >= 0.3 is 5.97 Å². The number of ether oxygens (including phenoxy) is 1. The molecule has 35 heavy (non-hydrogen) atoms. The Morgan fingerprint density at radius 3 is 2.46 bits per heavy atom. The zero-order chi connectivity index (χ0) is 25.6. The smallest absolute Gasteiger partial charge is 0.302 e. The normalized spacial score (nSPS) is 45.8. The first-order chi connectivity index (χ1) is 16.4. The van der Waals surface area contributed by atoms with E-state index in [0.717, 1.165) is 55.3 Å². The van der Waals surface area contributed by atoms with E-state index >= 15 is 0 Å². The molecule has 0 radical (unpaired) electrons. The summed E-state index contributed by atoms with van der Waals surface area (Å²) in [7, 11) is 0. The number of fused-ring (bicyclic) bond motifs is 5. The SMILES string of the molecule is C=CC[C@H]1C[C@]2(C)[C@H]3CC[C@]4(C)[C@@H]([C@H](C)CCCC(C)C)CC[C@H]4[C@@H]3CC[C@@]2(O)C[C@@H]1OC(C)=O. The van der Waals surface area contributed by atoms with Crippen molar-refractivity contribution in [1.29, 1.82) is 0 Å². The maximum absolute atomic E-state index is 12.1. The third-order valence-corrected chi connectivity index (χ3v) is 11.9. The van der Waals surface area contributed by atoms with Gasteiger partial charge in [-0.25, -0.2) is 0 Å². The molecule has 10 atom stereocenters. The van der Waals surface area contributed by atoms with Crippen molar-refractivity contribution < 1.29 is 14.6 Å². The molecule has 3 nitrogen and oxygen atoms in total. The Balaban J connectivity index is 1.53. The minimum atomic E-state index is -0.720. The first-order valence-corrected chi connectivity index (χ1v) is 15.0. The summed E-state index contributed by atoms with van der Waals surface area (Å²) in [5, 5.41) is 12.1. The molecule has 3 heteroatoms. The highest BCUT2D eigenvalue weighted by Crippen LogP contribution is 2.69. The monoisotopic (exact) mass is 486 g/mol. The standard InChI is InChI=1S/C32H54O3/c1-8-10-24-19-31(7)28-16-17-30(6)26(22(4)12-9-11-21(2)3)13-14-27(30)25(28)15-18-32(31,34)20-29(24)35-23(5)33/h8,21-22,24-29,34H,1,9-20H2,2-7H3/t22-,24+,25+,26-,27+,28+,29+,30-,31-,32-/m1/s1. The van der Waals surface area contributed by atoms with Gasteiger partial charge in [-0.15, -0.1) is 6.58 Å². The van der Waals surface area contributed by atoms with Gasteiger partial charge in [0.2, 0.25) is 0 Å². The van der Waals surface area contributed by atoms with Gasteiger partial charge in [0, 0.05) is 19.3 Å². The summed E-state index contributed by atoms with van der Waals surface area (Å²) in [6.07, 6.45) is 15.7. The van der Waals surface area contributed by atoms with Crippen LogP contribution in [-0.2, 0) is 9.53 Å². The molecule has 0 amide bonds. The molecule has 4 saturated carbocycles. The molecule has 0 aromatic rings.